The quantitative estimate of drug-likeness (QED) is 0.0642. The zero-order valence-corrected chi connectivity index (χ0v) is 30.1. The smallest absolute Gasteiger partial charge is 0.410 e. The van der Waals surface area contributed by atoms with Crippen molar-refractivity contribution in [3.05, 3.63) is 0 Å². The lowest BCUT2D eigenvalue weighted by atomic mass is 10.0. The Hall–Kier alpha value is -1.30. The molecule has 260 valence electrons. The van der Waals surface area contributed by atoms with Crippen LogP contribution in [-0.2, 0) is 14.3 Å². The summed E-state index contributed by atoms with van der Waals surface area (Å²) in [6.45, 7) is 15.9. The van der Waals surface area contributed by atoms with E-state index in [2.05, 4.69) is 18.7 Å². The Bertz CT molecular complexity index is 693. The van der Waals surface area contributed by atoms with E-state index in [1.807, 2.05) is 25.7 Å². The molecule has 44 heavy (non-hydrogen) atoms. The molecule has 6 heteroatoms. The maximum atomic E-state index is 12.5. The molecule has 0 N–H and O–H groups in total. The fourth-order valence-corrected chi connectivity index (χ4v) is 6.18. The van der Waals surface area contributed by atoms with Gasteiger partial charge in [0.2, 0.25) is 0 Å². The average Bonchev–Trinajstić information content (AvgIpc) is 3.46. The molecule has 0 aromatic rings. The molecule has 0 bridgehead atoms. The minimum Gasteiger partial charge on any atom is -0.466 e. The fourth-order valence-electron chi connectivity index (χ4n) is 6.18. The molecule has 0 radical (unpaired) electrons. The van der Waals surface area contributed by atoms with Gasteiger partial charge >= 0.3 is 12.1 Å². The van der Waals surface area contributed by atoms with Crippen molar-refractivity contribution in [1.82, 2.24) is 9.80 Å². The summed E-state index contributed by atoms with van der Waals surface area (Å²) in [6.07, 6.45) is 28.2. The van der Waals surface area contributed by atoms with Crippen molar-refractivity contribution in [1.29, 1.82) is 0 Å². The van der Waals surface area contributed by atoms with Crippen molar-refractivity contribution in [2.24, 2.45) is 5.92 Å². The highest BCUT2D eigenvalue weighted by molar-refractivity contribution is 5.69. The molecule has 1 rings (SSSR count). The van der Waals surface area contributed by atoms with E-state index in [0.29, 0.717) is 18.9 Å². The maximum absolute atomic E-state index is 12.5. The highest BCUT2D eigenvalue weighted by atomic mass is 16.6. The van der Waals surface area contributed by atoms with E-state index in [1.165, 1.54) is 103 Å². The molecule has 1 aliphatic heterocycles. The third-order valence-corrected chi connectivity index (χ3v) is 8.99. The molecule has 0 aromatic heterocycles. The van der Waals surface area contributed by atoms with Crippen LogP contribution in [0.3, 0.4) is 0 Å². The van der Waals surface area contributed by atoms with Crippen molar-refractivity contribution >= 4 is 12.1 Å². The van der Waals surface area contributed by atoms with Gasteiger partial charge < -0.3 is 19.3 Å². The zero-order valence-electron chi connectivity index (χ0n) is 30.1. The predicted molar refractivity (Wildman–Crippen MR) is 186 cm³/mol. The lowest BCUT2D eigenvalue weighted by Gasteiger charge is -2.25. The normalized spacial score (nSPS) is 15.3. The van der Waals surface area contributed by atoms with E-state index in [1.54, 1.807) is 0 Å². The van der Waals surface area contributed by atoms with Crippen molar-refractivity contribution in [2.45, 2.75) is 188 Å². The second-order valence-electron chi connectivity index (χ2n) is 14.5. The van der Waals surface area contributed by atoms with Gasteiger partial charge in [-0.2, -0.15) is 0 Å². The number of rotatable bonds is 28. The van der Waals surface area contributed by atoms with Crippen LogP contribution in [0.15, 0.2) is 0 Å². The van der Waals surface area contributed by atoms with Crippen LogP contribution in [0.4, 0.5) is 4.79 Å². The van der Waals surface area contributed by atoms with Crippen LogP contribution in [0.1, 0.15) is 182 Å². The second-order valence-corrected chi connectivity index (χ2v) is 14.5. The van der Waals surface area contributed by atoms with Crippen LogP contribution in [-0.4, -0.2) is 66.8 Å². The summed E-state index contributed by atoms with van der Waals surface area (Å²) in [7, 11) is 0. The lowest BCUT2D eigenvalue weighted by molar-refractivity contribution is -0.143. The highest BCUT2D eigenvalue weighted by Crippen LogP contribution is 2.23. The van der Waals surface area contributed by atoms with Gasteiger partial charge in [-0.15, -0.1) is 0 Å². The first-order valence-electron chi connectivity index (χ1n) is 19.1. The topological polar surface area (TPSA) is 59.1 Å². The van der Waals surface area contributed by atoms with E-state index >= 15 is 0 Å². The van der Waals surface area contributed by atoms with Gasteiger partial charge in [-0.05, 0) is 84.8 Å². The number of ether oxygens (including phenoxy) is 2. The third kappa shape index (κ3) is 24.0. The molecule has 0 aliphatic carbocycles. The van der Waals surface area contributed by atoms with Crippen molar-refractivity contribution in [2.75, 3.05) is 39.3 Å². The highest BCUT2D eigenvalue weighted by Gasteiger charge is 2.29. The zero-order chi connectivity index (χ0) is 32.3. The minimum atomic E-state index is -0.439. The van der Waals surface area contributed by atoms with E-state index in [0.717, 1.165) is 71.1 Å². The Morgan fingerprint density at radius 2 is 1.18 bits per heavy atom. The Kier molecular flexibility index (Phi) is 24.9. The van der Waals surface area contributed by atoms with Crippen LogP contribution >= 0.6 is 0 Å². The molecule has 1 fully saturated rings. The molecular weight excluding hydrogens is 548 g/mol. The molecule has 6 nitrogen and oxygen atoms in total. The molecule has 0 spiro atoms. The Morgan fingerprint density at radius 3 is 1.73 bits per heavy atom. The van der Waals surface area contributed by atoms with Crippen molar-refractivity contribution in [3.63, 3.8) is 0 Å². The minimum absolute atomic E-state index is 0.0235. The van der Waals surface area contributed by atoms with E-state index in [-0.39, 0.29) is 12.1 Å². The Morgan fingerprint density at radius 1 is 0.682 bits per heavy atom. The summed E-state index contributed by atoms with van der Waals surface area (Å²) in [4.78, 5) is 29.2. The molecule has 1 aliphatic rings. The SMILES string of the molecule is CCCCCCCCCCCCCCN(CCCCCC(=O)OCCCCCCC)CCC1CCN(C(=O)OC(C)(C)C)C1. The first kappa shape index (κ1) is 40.7. The lowest BCUT2D eigenvalue weighted by Crippen LogP contribution is -2.35. The summed E-state index contributed by atoms with van der Waals surface area (Å²) in [5.41, 5.74) is -0.439. The van der Waals surface area contributed by atoms with E-state index in [4.69, 9.17) is 9.47 Å². The van der Waals surface area contributed by atoms with Gasteiger partial charge in [0, 0.05) is 19.5 Å². The number of amides is 1. The number of nitrogens with zero attached hydrogens (tertiary/aromatic N) is 2. The van der Waals surface area contributed by atoms with Gasteiger partial charge in [0.05, 0.1) is 6.61 Å². The summed E-state index contributed by atoms with van der Waals surface area (Å²) in [6, 6.07) is 0. The molecule has 1 atom stereocenters. The van der Waals surface area contributed by atoms with Gasteiger partial charge in [-0.25, -0.2) is 4.79 Å². The van der Waals surface area contributed by atoms with Crippen LogP contribution in [0.5, 0.6) is 0 Å². The fraction of sp³-hybridized carbons (Fsp3) is 0.947. The molecule has 1 heterocycles. The first-order valence-corrected chi connectivity index (χ1v) is 19.1. The summed E-state index contributed by atoms with van der Waals surface area (Å²) >= 11 is 0. The first-order chi connectivity index (χ1) is 21.2. The van der Waals surface area contributed by atoms with Crippen LogP contribution in [0.2, 0.25) is 0 Å². The number of hydrogen-bond donors (Lipinski definition) is 0. The van der Waals surface area contributed by atoms with E-state index < -0.39 is 5.60 Å². The van der Waals surface area contributed by atoms with Crippen molar-refractivity contribution < 1.29 is 19.1 Å². The number of unbranched alkanes of at least 4 members (excludes halogenated alkanes) is 17. The Balaban J connectivity index is 2.30. The van der Waals surface area contributed by atoms with Gasteiger partial charge in [-0.3, -0.25) is 4.79 Å². The van der Waals surface area contributed by atoms with Crippen LogP contribution in [0.25, 0.3) is 0 Å². The Labute approximate surface area is 273 Å². The number of esters is 1. The second kappa shape index (κ2) is 26.9. The van der Waals surface area contributed by atoms with Crippen LogP contribution < -0.4 is 0 Å². The largest absolute Gasteiger partial charge is 0.466 e. The molecule has 0 aromatic carbocycles. The molecule has 1 amide bonds. The predicted octanol–water partition coefficient (Wildman–Crippen LogP) is 10.7. The number of likely N-dealkylation sites (tertiary alicyclic amines) is 1. The average molecular weight is 623 g/mol. The van der Waals surface area contributed by atoms with Crippen molar-refractivity contribution in [3.8, 4) is 0 Å². The van der Waals surface area contributed by atoms with Gasteiger partial charge in [0.25, 0.3) is 0 Å². The number of carbonyl (C=O) groups excluding carboxylic acids is 2. The molecule has 1 saturated heterocycles. The summed E-state index contributed by atoms with van der Waals surface area (Å²) in [5.74, 6) is 0.536. The summed E-state index contributed by atoms with van der Waals surface area (Å²) in [5, 5.41) is 0. The monoisotopic (exact) mass is 623 g/mol. The standard InChI is InChI=1S/C38H74N2O4/c1-6-8-10-12-13-14-15-16-17-18-19-23-29-39(30-24-21-22-26-36(41)43-33-25-20-11-9-7-2)31-27-35-28-32-40(34-35)37(42)44-38(3,4)5/h35H,6-34H2,1-5H3. The molecular formula is C38H74N2O4. The van der Waals surface area contributed by atoms with Gasteiger partial charge in [0.1, 0.15) is 5.60 Å². The number of carbonyl (C=O) groups is 2. The van der Waals surface area contributed by atoms with Crippen LogP contribution in [0, 0.1) is 5.92 Å². The molecule has 0 saturated carbocycles. The third-order valence-electron chi connectivity index (χ3n) is 8.99. The van der Waals surface area contributed by atoms with Gasteiger partial charge in [0.15, 0.2) is 0 Å². The number of hydrogen-bond acceptors (Lipinski definition) is 5. The van der Waals surface area contributed by atoms with Gasteiger partial charge in [-0.1, -0.05) is 117 Å². The summed E-state index contributed by atoms with van der Waals surface area (Å²) < 4.78 is 11.0. The maximum Gasteiger partial charge on any atom is 0.410 e. The molecule has 1 unspecified atom stereocenters. The van der Waals surface area contributed by atoms with E-state index in [9.17, 15) is 9.59 Å².